The molecule has 2 heterocycles. The summed E-state index contributed by atoms with van der Waals surface area (Å²) < 4.78 is 1.76. The molecule has 3 aromatic rings. The molecule has 0 aliphatic carbocycles. The molecule has 19 heavy (non-hydrogen) atoms. The zero-order valence-corrected chi connectivity index (χ0v) is 11.2. The molecule has 0 saturated heterocycles. The van der Waals surface area contributed by atoms with Gasteiger partial charge in [-0.25, -0.2) is 4.98 Å². The third kappa shape index (κ3) is 2.03. The zero-order chi connectivity index (χ0) is 13.4. The van der Waals surface area contributed by atoms with Crippen LogP contribution in [0, 0.1) is 6.92 Å². The summed E-state index contributed by atoms with van der Waals surface area (Å²) in [6, 6.07) is 10.4. The summed E-state index contributed by atoms with van der Waals surface area (Å²) in [4.78, 5) is 10.6. The van der Waals surface area contributed by atoms with Crippen LogP contribution in [0.1, 0.15) is 5.69 Å². The largest absolute Gasteiger partial charge is 0.378 e. The minimum atomic E-state index is 0.631. The molecule has 0 spiro atoms. The maximum absolute atomic E-state index is 4.35. The van der Waals surface area contributed by atoms with E-state index < -0.39 is 0 Å². The van der Waals surface area contributed by atoms with Crippen molar-refractivity contribution in [2.75, 3.05) is 19.0 Å². The monoisotopic (exact) mass is 253 g/mol. The maximum Gasteiger partial charge on any atom is 0.252 e. The number of fused-ring (bicyclic) bond motifs is 1. The van der Waals surface area contributed by atoms with Crippen molar-refractivity contribution in [3.63, 3.8) is 0 Å². The number of nitrogens with zero attached hydrogens (tertiary/aromatic N) is 5. The maximum atomic E-state index is 4.35. The van der Waals surface area contributed by atoms with Gasteiger partial charge in [-0.05, 0) is 25.1 Å². The number of anilines is 1. The summed E-state index contributed by atoms with van der Waals surface area (Å²) in [7, 11) is 4.06. The number of hydrogen-bond donors (Lipinski definition) is 0. The summed E-state index contributed by atoms with van der Waals surface area (Å²) in [5.74, 6) is 0.631. The van der Waals surface area contributed by atoms with Gasteiger partial charge in [0.2, 0.25) is 0 Å². The summed E-state index contributed by atoms with van der Waals surface area (Å²) in [5, 5.41) is 4.23. The number of hydrogen-bond acceptors (Lipinski definition) is 4. The first-order chi connectivity index (χ1) is 9.15. The van der Waals surface area contributed by atoms with Crippen molar-refractivity contribution < 1.29 is 0 Å². The molecule has 3 rings (SSSR count). The molecule has 0 atom stereocenters. The Labute approximate surface area is 111 Å². The average molecular weight is 253 g/mol. The van der Waals surface area contributed by atoms with E-state index >= 15 is 0 Å². The lowest BCUT2D eigenvalue weighted by Gasteiger charge is -2.13. The fraction of sp³-hybridized carbons (Fsp3) is 0.214. The van der Waals surface area contributed by atoms with Gasteiger partial charge in [-0.3, -0.25) is 0 Å². The number of aryl methyl sites for hydroxylation is 1. The van der Waals surface area contributed by atoms with Gasteiger partial charge >= 0.3 is 0 Å². The third-order valence-electron chi connectivity index (χ3n) is 3.06. The van der Waals surface area contributed by atoms with E-state index in [4.69, 9.17) is 0 Å². The Hall–Kier alpha value is -2.43. The first kappa shape index (κ1) is 11.6. The molecule has 5 heteroatoms. The van der Waals surface area contributed by atoms with Crippen molar-refractivity contribution >= 4 is 11.5 Å². The lowest BCUT2D eigenvalue weighted by atomic mass is 10.1. The van der Waals surface area contributed by atoms with Gasteiger partial charge in [0, 0.05) is 31.0 Å². The van der Waals surface area contributed by atoms with Crippen molar-refractivity contribution in [2.24, 2.45) is 0 Å². The van der Waals surface area contributed by atoms with E-state index in [0.29, 0.717) is 5.78 Å². The van der Waals surface area contributed by atoms with Crippen LogP contribution >= 0.6 is 0 Å². The van der Waals surface area contributed by atoms with Gasteiger partial charge < -0.3 is 4.90 Å². The van der Waals surface area contributed by atoms with Gasteiger partial charge in [-0.15, -0.1) is 0 Å². The first-order valence-corrected chi connectivity index (χ1v) is 6.10. The van der Waals surface area contributed by atoms with Crippen molar-refractivity contribution in [1.29, 1.82) is 0 Å². The van der Waals surface area contributed by atoms with Crippen LogP contribution in [0.3, 0.4) is 0 Å². The minimum Gasteiger partial charge on any atom is -0.378 e. The lowest BCUT2D eigenvalue weighted by molar-refractivity contribution is 0.937. The molecule has 2 aromatic heterocycles. The summed E-state index contributed by atoms with van der Waals surface area (Å²) in [5.41, 5.74) is 4.22. The highest BCUT2D eigenvalue weighted by Gasteiger charge is 2.08. The molecule has 0 aliphatic rings. The highest BCUT2D eigenvalue weighted by atomic mass is 15.3. The number of aromatic nitrogens is 4. The fourth-order valence-corrected chi connectivity index (χ4v) is 2.07. The second-order valence-electron chi connectivity index (χ2n) is 4.70. The lowest BCUT2D eigenvalue weighted by Crippen LogP contribution is -2.08. The van der Waals surface area contributed by atoms with Crippen molar-refractivity contribution in [3.8, 4) is 11.3 Å². The molecule has 5 nitrogen and oxygen atoms in total. The van der Waals surface area contributed by atoms with Crippen LogP contribution in [-0.2, 0) is 0 Å². The van der Waals surface area contributed by atoms with Crippen LogP contribution in [0.15, 0.2) is 36.7 Å². The molecule has 0 unspecified atom stereocenters. The molecule has 0 N–H and O–H groups in total. The van der Waals surface area contributed by atoms with E-state index in [1.54, 1.807) is 4.52 Å². The van der Waals surface area contributed by atoms with Gasteiger partial charge in [0.1, 0.15) is 6.33 Å². The van der Waals surface area contributed by atoms with Crippen LogP contribution in [0.25, 0.3) is 17.0 Å². The Bertz CT molecular complexity index is 712. The highest BCUT2D eigenvalue weighted by molar-refractivity contribution is 5.65. The second-order valence-corrected chi connectivity index (χ2v) is 4.70. The molecule has 1 aromatic carbocycles. The Balaban J connectivity index is 2.15. The fourth-order valence-electron chi connectivity index (χ4n) is 2.07. The van der Waals surface area contributed by atoms with Crippen LogP contribution in [0.5, 0.6) is 0 Å². The molecule has 0 aliphatic heterocycles. The predicted molar refractivity (Wildman–Crippen MR) is 75.3 cm³/mol. The Kier molecular flexibility index (Phi) is 2.67. The Morgan fingerprint density at radius 2 is 1.84 bits per heavy atom. The molecular weight excluding hydrogens is 238 g/mol. The van der Waals surface area contributed by atoms with Crippen LogP contribution in [0.2, 0.25) is 0 Å². The van der Waals surface area contributed by atoms with Gasteiger partial charge in [0.05, 0.1) is 5.69 Å². The predicted octanol–water partition coefficient (Wildman–Crippen LogP) is 2.17. The van der Waals surface area contributed by atoms with Crippen molar-refractivity contribution in [1.82, 2.24) is 19.6 Å². The molecule has 0 saturated carbocycles. The molecule has 96 valence electrons. The topological polar surface area (TPSA) is 46.3 Å². The van der Waals surface area contributed by atoms with E-state index in [2.05, 4.69) is 44.2 Å². The SMILES string of the molecule is Cc1cc(-c2ccc(N(C)C)cc2)n2ncnc2n1. The molecular formula is C14H15N5. The van der Waals surface area contributed by atoms with Gasteiger partial charge in [-0.2, -0.15) is 14.6 Å². The number of benzene rings is 1. The second kappa shape index (κ2) is 4.35. The molecule has 0 bridgehead atoms. The van der Waals surface area contributed by atoms with E-state index in [0.717, 1.165) is 17.0 Å². The standard InChI is InChI=1S/C14H15N5/c1-10-8-13(19-14(17-10)15-9-16-19)11-4-6-12(7-5-11)18(2)3/h4-9H,1-3H3. The third-order valence-corrected chi connectivity index (χ3v) is 3.06. The summed E-state index contributed by atoms with van der Waals surface area (Å²) >= 11 is 0. The van der Waals surface area contributed by atoms with E-state index in [9.17, 15) is 0 Å². The van der Waals surface area contributed by atoms with Crippen molar-refractivity contribution in [3.05, 3.63) is 42.4 Å². The van der Waals surface area contributed by atoms with Crippen LogP contribution in [0.4, 0.5) is 5.69 Å². The van der Waals surface area contributed by atoms with E-state index in [-0.39, 0.29) is 0 Å². The molecule has 0 radical (unpaired) electrons. The highest BCUT2D eigenvalue weighted by Crippen LogP contribution is 2.22. The summed E-state index contributed by atoms with van der Waals surface area (Å²) in [6.07, 6.45) is 1.53. The van der Waals surface area contributed by atoms with E-state index in [1.165, 1.54) is 12.0 Å². The molecule has 0 fully saturated rings. The zero-order valence-electron chi connectivity index (χ0n) is 11.2. The van der Waals surface area contributed by atoms with Gasteiger partial charge in [-0.1, -0.05) is 12.1 Å². The smallest absolute Gasteiger partial charge is 0.252 e. The normalized spacial score (nSPS) is 10.9. The van der Waals surface area contributed by atoms with Gasteiger partial charge in [0.25, 0.3) is 5.78 Å². The Morgan fingerprint density at radius 3 is 2.53 bits per heavy atom. The quantitative estimate of drug-likeness (QED) is 0.702. The molecule has 0 amide bonds. The minimum absolute atomic E-state index is 0.631. The van der Waals surface area contributed by atoms with Crippen LogP contribution in [-0.4, -0.2) is 33.7 Å². The summed E-state index contributed by atoms with van der Waals surface area (Å²) in [6.45, 7) is 1.96. The first-order valence-electron chi connectivity index (χ1n) is 6.10. The van der Waals surface area contributed by atoms with E-state index in [1.807, 2.05) is 27.1 Å². The van der Waals surface area contributed by atoms with Gasteiger partial charge in [0.15, 0.2) is 0 Å². The average Bonchev–Trinajstić information content (AvgIpc) is 2.85. The Morgan fingerprint density at radius 1 is 1.11 bits per heavy atom. The van der Waals surface area contributed by atoms with Crippen molar-refractivity contribution in [2.45, 2.75) is 6.92 Å². The number of rotatable bonds is 2. The van der Waals surface area contributed by atoms with Crippen LogP contribution < -0.4 is 4.90 Å².